The van der Waals surface area contributed by atoms with Crippen LogP contribution in [-0.4, -0.2) is 9.55 Å². The summed E-state index contributed by atoms with van der Waals surface area (Å²) in [6, 6.07) is 0. The van der Waals surface area contributed by atoms with Crippen molar-refractivity contribution in [1.82, 2.24) is 9.55 Å². The van der Waals surface area contributed by atoms with Gasteiger partial charge in [-0.15, -0.1) is 12.4 Å². The summed E-state index contributed by atoms with van der Waals surface area (Å²) < 4.78 is 2.23. The lowest BCUT2D eigenvalue weighted by molar-refractivity contribution is 0.529. The second-order valence-electron chi connectivity index (χ2n) is 2.99. The van der Waals surface area contributed by atoms with Crippen molar-refractivity contribution in [1.29, 1.82) is 0 Å². The molecule has 0 unspecified atom stereocenters. The molecule has 1 aliphatic rings. The van der Waals surface area contributed by atoms with E-state index in [0.717, 1.165) is 18.7 Å². The number of imidazole rings is 1. The predicted octanol–water partition coefficient (Wildman–Crippen LogP) is 1.10. The van der Waals surface area contributed by atoms with Crippen molar-refractivity contribution in [2.24, 2.45) is 5.73 Å². The van der Waals surface area contributed by atoms with E-state index in [2.05, 4.69) is 9.55 Å². The van der Waals surface area contributed by atoms with Crippen molar-refractivity contribution in [3.05, 3.63) is 17.7 Å². The van der Waals surface area contributed by atoms with E-state index in [9.17, 15) is 0 Å². The van der Waals surface area contributed by atoms with E-state index >= 15 is 0 Å². The van der Waals surface area contributed by atoms with E-state index in [1.54, 1.807) is 0 Å². The summed E-state index contributed by atoms with van der Waals surface area (Å²) in [5.74, 6) is 0. The van der Waals surface area contributed by atoms with Crippen LogP contribution in [0.2, 0.25) is 0 Å². The smallest absolute Gasteiger partial charge is 0.0952 e. The molecule has 3 nitrogen and oxygen atoms in total. The Morgan fingerprint density at radius 3 is 3.08 bits per heavy atom. The quantitative estimate of drug-likeness (QED) is 0.716. The van der Waals surface area contributed by atoms with Gasteiger partial charge < -0.3 is 10.3 Å². The number of aryl methyl sites for hydroxylation is 1. The fraction of sp³-hybridized carbons (Fsp3) is 0.625. The van der Waals surface area contributed by atoms with Gasteiger partial charge in [0.05, 0.1) is 12.0 Å². The van der Waals surface area contributed by atoms with Gasteiger partial charge >= 0.3 is 0 Å². The molecule has 2 heterocycles. The molecule has 12 heavy (non-hydrogen) atoms. The van der Waals surface area contributed by atoms with Crippen LogP contribution in [0.4, 0.5) is 0 Å². The average molecular weight is 188 g/mol. The summed E-state index contributed by atoms with van der Waals surface area (Å²) >= 11 is 0. The van der Waals surface area contributed by atoms with Crippen LogP contribution in [0.15, 0.2) is 6.33 Å². The van der Waals surface area contributed by atoms with E-state index in [1.165, 1.54) is 18.5 Å². The monoisotopic (exact) mass is 187 g/mol. The van der Waals surface area contributed by atoms with Gasteiger partial charge in [-0.25, -0.2) is 4.98 Å². The van der Waals surface area contributed by atoms with Crippen molar-refractivity contribution in [3.63, 3.8) is 0 Å². The lowest BCUT2D eigenvalue weighted by Crippen LogP contribution is -2.11. The largest absolute Gasteiger partial charge is 0.334 e. The molecule has 0 atom stereocenters. The van der Waals surface area contributed by atoms with Crippen LogP contribution in [-0.2, 0) is 19.5 Å². The third-order valence-electron chi connectivity index (χ3n) is 2.29. The molecule has 2 rings (SSSR count). The topological polar surface area (TPSA) is 43.8 Å². The van der Waals surface area contributed by atoms with Gasteiger partial charge in [0, 0.05) is 18.8 Å². The number of fused-ring (bicyclic) bond motifs is 1. The number of rotatable bonds is 1. The predicted molar refractivity (Wildman–Crippen MR) is 50.3 cm³/mol. The Bertz CT molecular complexity index is 243. The molecular formula is C8H14ClN3. The van der Waals surface area contributed by atoms with Gasteiger partial charge in [0.2, 0.25) is 0 Å². The minimum Gasteiger partial charge on any atom is -0.334 e. The number of hydrogen-bond acceptors (Lipinski definition) is 2. The lowest BCUT2D eigenvalue weighted by Gasteiger charge is -2.14. The van der Waals surface area contributed by atoms with E-state index in [1.807, 2.05) is 6.33 Å². The highest BCUT2D eigenvalue weighted by atomic mass is 35.5. The third kappa shape index (κ3) is 1.47. The maximum Gasteiger partial charge on any atom is 0.0952 e. The molecule has 2 N–H and O–H groups in total. The number of hydrogen-bond donors (Lipinski definition) is 1. The highest BCUT2D eigenvalue weighted by Crippen LogP contribution is 2.16. The minimum atomic E-state index is 0. The molecule has 0 radical (unpaired) electrons. The van der Waals surface area contributed by atoms with Crippen LogP contribution in [0.3, 0.4) is 0 Å². The van der Waals surface area contributed by atoms with Gasteiger partial charge in [-0.05, 0) is 19.3 Å². The number of nitrogens with two attached hydrogens (primary N) is 1. The summed E-state index contributed by atoms with van der Waals surface area (Å²) in [5.41, 5.74) is 7.99. The van der Waals surface area contributed by atoms with E-state index in [-0.39, 0.29) is 12.4 Å². The number of aromatic nitrogens is 2. The Hall–Kier alpha value is -0.540. The Kier molecular flexibility index (Phi) is 3.12. The molecule has 0 fully saturated rings. The molecule has 1 aromatic heterocycles. The number of halogens is 1. The van der Waals surface area contributed by atoms with Crippen molar-refractivity contribution in [2.75, 3.05) is 0 Å². The number of nitrogens with zero attached hydrogens (tertiary/aromatic N) is 2. The molecule has 0 amide bonds. The fourth-order valence-electron chi connectivity index (χ4n) is 1.68. The SMILES string of the molecule is Cl.NCc1ncn2c1CCCC2. The van der Waals surface area contributed by atoms with Crippen molar-refractivity contribution in [3.8, 4) is 0 Å². The van der Waals surface area contributed by atoms with Gasteiger partial charge in [-0.2, -0.15) is 0 Å². The summed E-state index contributed by atoms with van der Waals surface area (Å²) in [5, 5.41) is 0. The van der Waals surface area contributed by atoms with E-state index in [0.29, 0.717) is 6.54 Å². The molecule has 0 saturated heterocycles. The van der Waals surface area contributed by atoms with Gasteiger partial charge in [0.25, 0.3) is 0 Å². The third-order valence-corrected chi connectivity index (χ3v) is 2.29. The molecule has 0 bridgehead atoms. The van der Waals surface area contributed by atoms with Crippen LogP contribution in [0.25, 0.3) is 0 Å². The molecule has 0 saturated carbocycles. The van der Waals surface area contributed by atoms with Gasteiger partial charge in [-0.1, -0.05) is 0 Å². The Morgan fingerprint density at radius 2 is 2.33 bits per heavy atom. The Labute approximate surface area is 78.4 Å². The standard InChI is InChI=1S/C8H13N3.ClH/c9-5-7-8-3-1-2-4-11(8)6-10-7;/h6H,1-5,9H2;1H. The molecule has 68 valence electrons. The Balaban J connectivity index is 0.000000720. The second kappa shape index (κ2) is 3.92. The molecule has 0 spiro atoms. The summed E-state index contributed by atoms with van der Waals surface area (Å²) in [7, 11) is 0. The van der Waals surface area contributed by atoms with Crippen molar-refractivity contribution >= 4 is 12.4 Å². The van der Waals surface area contributed by atoms with Crippen LogP contribution in [0.5, 0.6) is 0 Å². The maximum absolute atomic E-state index is 5.54. The van der Waals surface area contributed by atoms with Gasteiger partial charge in [-0.3, -0.25) is 0 Å². The average Bonchev–Trinajstić information content (AvgIpc) is 2.47. The highest BCUT2D eigenvalue weighted by molar-refractivity contribution is 5.85. The zero-order valence-electron chi connectivity index (χ0n) is 6.99. The molecule has 0 aliphatic carbocycles. The molecule has 1 aliphatic heterocycles. The summed E-state index contributed by atoms with van der Waals surface area (Å²) in [6.45, 7) is 1.71. The Morgan fingerprint density at radius 1 is 1.50 bits per heavy atom. The summed E-state index contributed by atoms with van der Waals surface area (Å²) in [6.07, 6.45) is 5.65. The first-order valence-corrected chi connectivity index (χ1v) is 4.15. The molecular weight excluding hydrogens is 174 g/mol. The first-order chi connectivity index (χ1) is 5.42. The lowest BCUT2D eigenvalue weighted by atomic mass is 10.1. The molecule has 4 heteroatoms. The van der Waals surface area contributed by atoms with Crippen LogP contribution in [0, 0.1) is 0 Å². The fourth-order valence-corrected chi connectivity index (χ4v) is 1.68. The zero-order chi connectivity index (χ0) is 7.68. The van der Waals surface area contributed by atoms with Gasteiger partial charge in [0.1, 0.15) is 0 Å². The van der Waals surface area contributed by atoms with Crippen molar-refractivity contribution in [2.45, 2.75) is 32.4 Å². The first-order valence-electron chi connectivity index (χ1n) is 4.15. The second-order valence-corrected chi connectivity index (χ2v) is 2.99. The first kappa shape index (κ1) is 9.55. The highest BCUT2D eigenvalue weighted by Gasteiger charge is 2.12. The van der Waals surface area contributed by atoms with Crippen LogP contribution < -0.4 is 5.73 Å². The van der Waals surface area contributed by atoms with Gasteiger partial charge in [0.15, 0.2) is 0 Å². The normalized spacial score (nSPS) is 15.1. The molecule has 1 aromatic rings. The van der Waals surface area contributed by atoms with E-state index < -0.39 is 0 Å². The maximum atomic E-state index is 5.54. The minimum absolute atomic E-state index is 0. The zero-order valence-corrected chi connectivity index (χ0v) is 7.81. The summed E-state index contributed by atoms with van der Waals surface area (Å²) in [4.78, 5) is 4.25. The van der Waals surface area contributed by atoms with E-state index in [4.69, 9.17) is 5.73 Å². The van der Waals surface area contributed by atoms with Crippen molar-refractivity contribution < 1.29 is 0 Å². The van der Waals surface area contributed by atoms with Crippen LogP contribution in [0.1, 0.15) is 24.2 Å². The molecule has 0 aromatic carbocycles. The van der Waals surface area contributed by atoms with Crippen LogP contribution >= 0.6 is 12.4 Å².